The number of benzene rings is 1. The second-order valence-electron chi connectivity index (χ2n) is 8.07. The van der Waals surface area contributed by atoms with Gasteiger partial charge in [-0.05, 0) is 79.5 Å². The fourth-order valence-electron chi connectivity index (χ4n) is 4.94. The van der Waals surface area contributed by atoms with E-state index in [0.29, 0.717) is 17.8 Å². The van der Waals surface area contributed by atoms with Crippen LogP contribution in [-0.4, -0.2) is 14.4 Å². The van der Waals surface area contributed by atoms with Crippen molar-refractivity contribution >= 4 is 16.4 Å². The molecule has 3 aromatic heterocycles. The van der Waals surface area contributed by atoms with Crippen LogP contribution in [0.5, 0.6) is 0 Å². The van der Waals surface area contributed by atoms with Gasteiger partial charge in [-0.15, -0.1) is 0 Å². The molecule has 3 nitrogen and oxygen atoms in total. The van der Waals surface area contributed by atoms with E-state index < -0.39 is 0 Å². The lowest BCUT2D eigenvalue weighted by atomic mass is 9.73. The van der Waals surface area contributed by atoms with Crippen LogP contribution < -0.4 is 0 Å². The minimum Gasteiger partial charge on any atom is -0.304 e. The molecule has 28 heavy (non-hydrogen) atoms. The van der Waals surface area contributed by atoms with Crippen LogP contribution in [0.25, 0.3) is 16.4 Å². The summed E-state index contributed by atoms with van der Waals surface area (Å²) < 4.78 is 16.0. The highest BCUT2D eigenvalue weighted by molar-refractivity contribution is 5.82. The van der Waals surface area contributed by atoms with E-state index in [2.05, 4.69) is 46.8 Å². The topological polar surface area (TPSA) is 30.2 Å². The van der Waals surface area contributed by atoms with Crippen LogP contribution in [0.4, 0.5) is 4.39 Å². The second kappa shape index (κ2) is 7.01. The maximum absolute atomic E-state index is 13.8. The van der Waals surface area contributed by atoms with Crippen molar-refractivity contribution in [2.75, 3.05) is 0 Å². The third-order valence-corrected chi connectivity index (χ3v) is 6.53. The number of rotatable bonds is 3. The molecule has 0 aliphatic heterocycles. The van der Waals surface area contributed by atoms with E-state index in [1.165, 1.54) is 24.5 Å². The van der Waals surface area contributed by atoms with Crippen LogP contribution >= 0.6 is 0 Å². The van der Waals surface area contributed by atoms with Crippen LogP contribution in [0, 0.1) is 11.7 Å². The zero-order valence-electron chi connectivity index (χ0n) is 16.1. The molecule has 3 heterocycles. The highest BCUT2D eigenvalue weighted by atomic mass is 19.1. The summed E-state index contributed by atoms with van der Waals surface area (Å²) in [6.07, 6.45) is 10.6. The highest BCUT2D eigenvalue weighted by Crippen LogP contribution is 2.43. The number of pyridine rings is 2. The number of imidazole rings is 1. The summed E-state index contributed by atoms with van der Waals surface area (Å²) >= 11 is 0. The Bertz CT molecular complexity index is 1130. The van der Waals surface area contributed by atoms with Gasteiger partial charge in [-0.1, -0.05) is 13.0 Å². The second-order valence-corrected chi connectivity index (χ2v) is 8.07. The molecular weight excluding hydrogens is 349 g/mol. The van der Waals surface area contributed by atoms with Gasteiger partial charge in [-0.3, -0.25) is 4.98 Å². The summed E-state index contributed by atoms with van der Waals surface area (Å²) in [5.74, 6) is 2.52. The van der Waals surface area contributed by atoms with Gasteiger partial charge in [0, 0.05) is 23.7 Å². The van der Waals surface area contributed by atoms with Crippen LogP contribution in [-0.2, 0) is 0 Å². The Balaban J connectivity index is 1.36. The Morgan fingerprint density at radius 2 is 1.89 bits per heavy atom. The highest BCUT2D eigenvalue weighted by Gasteiger charge is 2.29. The van der Waals surface area contributed by atoms with Crippen molar-refractivity contribution in [2.45, 2.75) is 44.4 Å². The first-order valence-corrected chi connectivity index (χ1v) is 10.2. The summed E-state index contributed by atoms with van der Waals surface area (Å²) in [6.45, 7) is 2.31. The summed E-state index contributed by atoms with van der Waals surface area (Å²) in [4.78, 5) is 9.12. The predicted octanol–water partition coefficient (Wildman–Crippen LogP) is 6.10. The fraction of sp³-hybridized carbons (Fsp3) is 0.333. The number of nitrogens with zero attached hydrogens (tertiary/aromatic N) is 3. The van der Waals surface area contributed by atoms with Gasteiger partial charge in [0.25, 0.3) is 0 Å². The average Bonchev–Trinajstić information content (AvgIpc) is 3.17. The number of fused-ring (bicyclic) bond motifs is 2. The molecule has 1 fully saturated rings. The molecule has 5 rings (SSSR count). The van der Waals surface area contributed by atoms with E-state index in [1.54, 1.807) is 12.1 Å². The molecule has 0 radical (unpaired) electrons. The Hall–Kier alpha value is -2.75. The van der Waals surface area contributed by atoms with Crippen molar-refractivity contribution in [3.05, 3.63) is 78.3 Å². The zero-order valence-corrected chi connectivity index (χ0v) is 16.1. The summed E-state index contributed by atoms with van der Waals surface area (Å²) in [5, 5.41) is 0.971. The quantitative estimate of drug-likeness (QED) is 0.434. The molecule has 1 atom stereocenters. The molecule has 142 valence electrons. The SMILES string of the molecule is CC(c1ncc2ccccn12)[C@H]1CC[C@@H](c2ccnc3ccc(F)cc32)CC1. The largest absolute Gasteiger partial charge is 0.304 e. The molecular formula is C24H24FN3. The van der Waals surface area contributed by atoms with Crippen LogP contribution in [0.2, 0.25) is 0 Å². The first-order valence-electron chi connectivity index (χ1n) is 10.2. The van der Waals surface area contributed by atoms with Crippen molar-refractivity contribution in [1.29, 1.82) is 0 Å². The Kier molecular flexibility index (Phi) is 4.34. The predicted molar refractivity (Wildman–Crippen MR) is 110 cm³/mol. The molecule has 1 unspecified atom stereocenters. The van der Waals surface area contributed by atoms with E-state index in [1.807, 2.05) is 12.4 Å². The molecule has 0 N–H and O–H groups in total. The molecule has 4 aromatic rings. The monoisotopic (exact) mass is 373 g/mol. The van der Waals surface area contributed by atoms with Crippen LogP contribution in [0.15, 0.2) is 61.1 Å². The average molecular weight is 373 g/mol. The minimum atomic E-state index is -0.185. The normalized spacial score (nSPS) is 21.2. The zero-order chi connectivity index (χ0) is 19.1. The van der Waals surface area contributed by atoms with E-state index in [4.69, 9.17) is 4.98 Å². The maximum Gasteiger partial charge on any atom is 0.123 e. The van der Waals surface area contributed by atoms with Crippen LogP contribution in [0.3, 0.4) is 0 Å². The molecule has 1 aliphatic carbocycles. The summed E-state index contributed by atoms with van der Waals surface area (Å²) in [5.41, 5.74) is 3.29. The Morgan fingerprint density at radius 1 is 1.04 bits per heavy atom. The molecule has 0 spiro atoms. The molecule has 4 heteroatoms. The molecule has 1 aliphatic rings. The molecule has 1 aromatic carbocycles. The van der Waals surface area contributed by atoms with Gasteiger partial charge in [0.05, 0.1) is 17.2 Å². The van der Waals surface area contributed by atoms with Crippen molar-refractivity contribution in [1.82, 2.24) is 14.4 Å². The van der Waals surface area contributed by atoms with Crippen molar-refractivity contribution < 1.29 is 4.39 Å². The van der Waals surface area contributed by atoms with Crippen molar-refractivity contribution in [3.8, 4) is 0 Å². The van der Waals surface area contributed by atoms with E-state index >= 15 is 0 Å². The standard InChI is InChI=1S/C24H24FN3/c1-16(24-27-15-20-4-2-3-13-28(20)24)17-5-7-18(8-6-17)21-11-12-26-23-10-9-19(25)14-22(21)23/h2-4,9-18H,5-8H2,1H3/t16?,17-,18+. The molecule has 0 saturated heterocycles. The van der Waals surface area contributed by atoms with Crippen molar-refractivity contribution in [2.24, 2.45) is 5.92 Å². The summed E-state index contributed by atoms with van der Waals surface area (Å²) in [6, 6.07) is 13.2. The van der Waals surface area contributed by atoms with E-state index in [9.17, 15) is 4.39 Å². The smallest absolute Gasteiger partial charge is 0.123 e. The van der Waals surface area contributed by atoms with Gasteiger partial charge in [0.2, 0.25) is 0 Å². The van der Waals surface area contributed by atoms with E-state index in [0.717, 1.165) is 35.1 Å². The Morgan fingerprint density at radius 3 is 2.75 bits per heavy atom. The molecule has 1 saturated carbocycles. The van der Waals surface area contributed by atoms with Gasteiger partial charge < -0.3 is 4.40 Å². The first kappa shape index (κ1) is 17.4. The van der Waals surface area contributed by atoms with Gasteiger partial charge in [0.1, 0.15) is 11.6 Å². The fourth-order valence-corrected chi connectivity index (χ4v) is 4.94. The number of hydrogen-bond acceptors (Lipinski definition) is 2. The number of aromatic nitrogens is 3. The van der Waals surface area contributed by atoms with Gasteiger partial charge in [-0.25, -0.2) is 9.37 Å². The molecule has 0 amide bonds. The Labute approximate surface area is 164 Å². The number of halogens is 1. The number of hydrogen-bond donors (Lipinski definition) is 0. The first-order chi connectivity index (χ1) is 13.7. The van der Waals surface area contributed by atoms with Gasteiger partial charge in [0.15, 0.2) is 0 Å². The van der Waals surface area contributed by atoms with E-state index in [-0.39, 0.29) is 5.82 Å². The maximum atomic E-state index is 13.8. The minimum absolute atomic E-state index is 0.185. The van der Waals surface area contributed by atoms with Crippen molar-refractivity contribution in [3.63, 3.8) is 0 Å². The lowest BCUT2D eigenvalue weighted by Gasteiger charge is -2.32. The lowest BCUT2D eigenvalue weighted by Crippen LogP contribution is -2.20. The molecule has 0 bridgehead atoms. The van der Waals surface area contributed by atoms with Gasteiger partial charge in [-0.2, -0.15) is 0 Å². The van der Waals surface area contributed by atoms with Gasteiger partial charge >= 0.3 is 0 Å². The summed E-state index contributed by atoms with van der Waals surface area (Å²) in [7, 11) is 0. The third kappa shape index (κ3) is 2.97. The van der Waals surface area contributed by atoms with Crippen LogP contribution in [0.1, 0.15) is 55.8 Å². The third-order valence-electron chi connectivity index (χ3n) is 6.53. The lowest BCUT2D eigenvalue weighted by molar-refractivity contribution is 0.285.